The number of carbonyl (C=O) groups excluding carboxylic acids is 2. The van der Waals surface area contributed by atoms with Crippen LogP contribution >= 0.6 is 0 Å². The molecule has 0 aromatic heterocycles. The number of ether oxygens (including phenoxy) is 1. The lowest BCUT2D eigenvalue weighted by Crippen LogP contribution is -2.32. The summed E-state index contributed by atoms with van der Waals surface area (Å²) in [4.78, 5) is 27.4. The van der Waals surface area contributed by atoms with Crippen LogP contribution in [0.15, 0.2) is 29.2 Å². The van der Waals surface area contributed by atoms with Crippen LogP contribution in [0.1, 0.15) is 29.6 Å². The van der Waals surface area contributed by atoms with Gasteiger partial charge in [0, 0.05) is 39.9 Å². The molecule has 1 aliphatic rings. The molecule has 1 unspecified atom stereocenters. The number of hydrogen-bond acceptors (Lipinski definition) is 5. The smallest absolute Gasteiger partial charge is 0.253 e. The van der Waals surface area contributed by atoms with Crippen molar-refractivity contribution in [2.45, 2.75) is 30.3 Å². The Bertz CT molecular complexity index is 743. The van der Waals surface area contributed by atoms with Gasteiger partial charge in [0.1, 0.15) is 5.75 Å². The molecule has 0 spiro atoms. The summed E-state index contributed by atoms with van der Waals surface area (Å²) in [5, 5.41) is 0. The minimum Gasteiger partial charge on any atom is -0.381 e. The molecule has 1 aromatic rings. The van der Waals surface area contributed by atoms with E-state index in [0.717, 1.165) is 19.3 Å². The highest BCUT2D eigenvalue weighted by Gasteiger charge is 2.23. The van der Waals surface area contributed by atoms with Crippen LogP contribution in [-0.4, -0.2) is 76.2 Å². The van der Waals surface area contributed by atoms with Gasteiger partial charge in [0.25, 0.3) is 5.91 Å². The maximum absolute atomic E-state index is 12.7. The van der Waals surface area contributed by atoms with Crippen LogP contribution in [-0.2, 0) is 19.4 Å². The number of hydrogen-bond donors (Lipinski definition) is 0. The number of likely N-dealkylation sites (tertiary alicyclic amines) is 1. The van der Waals surface area contributed by atoms with Crippen molar-refractivity contribution in [3.05, 3.63) is 29.8 Å². The van der Waals surface area contributed by atoms with E-state index in [9.17, 15) is 18.0 Å². The molecule has 1 aromatic carbocycles. The van der Waals surface area contributed by atoms with Crippen molar-refractivity contribution >= 4 is 21.7 Å². The van der Waals surface area contributed by atoms with E-state index in [0.29, 0.717) is 18.7 Å². The summed E-state index contributed by atoms with van der Waals surface area (Å²) < 4.78 is 29.9. The summed E-state index contributed by atoms with van der Waals surface area (Å²) in [5.74, 6) is -1.19. The molecule has 144 valence electrons. The third-order valence-electron chi connectivity index (χ3n) is 4.57. The average molecular weight is 382 g/mol. The first-order valence-corrected chi connectivity index (χ1v) is 10.2. The van der Waals surface area contributed by atoms with Gasteiger partial charge in [-0.25, -0.2) is 8.42 Å². The van der Waals surface area contributed by atoms with Crippen LogP contribution < -0.4 is 0 Å². The SMILES string of the molecule is COC1CCCN(C(=O)c2ccc(S(=O)(=O)CC(=O)N(C)C)cc2)CC1. The molecule has 0 saturated carbocycles. The Balaban J connectivity index is 2.09. The van der Waals surface area contributed by atoms with Gasteiger partial charge in [-0.1, -0.05) is 0 Å². The quantitative estimate of drug-likeness (QED) is 0.764. The number of methoxy groups -OCH3 is 1. The molecule has 2 amide bonds. The first-order chi connectivity index (χ1) is 12.2. The molecule has 0 aliphatic carbocycles. The Morgan fingerprint density at radius 3 is 2.38 bits per heavy atom. The number of carbonyl (C=O) groups is 2. The highest BCUT2D eigenvalue weighted by Crippen LogP contribution is 2.18. The fourth-order valence-electron chi connectivity index (χ4n) is 2.87. The van der Waals surface area contributed by atoms with E-state index in [1.165, 1.54) is 43.3 Å². The summed E-state index contributed by atoms with van der Waals surface area (Å²) in [6.45, 7) is 1.28. The predicted molar refractivity (Wildman–Crippen MR) is 97.7 cm³/mol. The van der Waals surface area contributed by atoms with Gasteiger partial charge < -0.3 is 14.5 Å². The van der Waals surface area contributed by atoms with E-state index >= 15 is 0 Å². The lowest BCUT2D eigenvalue weighted by molar-refractivity contribution is -0.125. The van der Waals surface area contributed by atoms with Crippen molar-refractivity contribution in [1.82, 2.24) is 9.80 Å². The maximum Gasteiger partial charge on any atom is 0.253 e. The Morgan fingerprint density at radius 1 is 1.15 bits per heavy atom. The second-order valence-corrected chi connectivity index (χ2v) is 8.64. The molecule has 1 fully saturated rings. The maximum atomic E-state index is 12.7. The number of nitrogens with zero attached hydrogens (tertiary/aromatic N) is 2. The summed E-state index contributed by atoms with van der Waals surface area (Å²) >= 11 is 0. The summed E-state index contributed by atoms with van der Waals surface area (Å²) in [6, 6.07) is 5.80. The zero-order valence-electron chi connectivity index (χ0n) is 15.5. The van der Waals surface area contributed by atoms with Crippen molar-refractivity contribution in [1.29, 1.82) is 0 Å². The molecule has 7 nitrogen and oxygen atoms in total. The number of rotatable bonds is 5. The molecule has 1 aliphatic heterocycles. The van der Waals surface area contributed by atoms with Gasteiger partial charge in [-0.15, -0.1) is 0 Å². The van der Waals surface area contributed by atoms with E-state index in [4.69, 9.17) is 4.74 Å². The van der Waals surface area contributed by atoms with Crippen LogP contribution in [0, 0.1) is 0 Å². The van der Waals surface area contributed by atoms with Crippen molar-refractivity contribution in [2.75, 3.05) is 40.0 Å². The molecule has 1 atom stereocenters. The van der Waals surface area contributed by atoms with Gasteiger partial charge in [-0.2, -0.15) is 0 Å². The van der Waals surface area contributed by atoms with Crippen LogP contribution in [0.25, 0.3) is 0 Å². The third-order valence-corrected chi connectivity index (χ3v) is 6.19. The largest absolute Gasteiger partial charge is 0.381 e. The van der Waals surface area contributed by atoms with Crippen LogP contribution in [0.4, 0.5) is 0 Å². The standard InChI is InChI=1S/C18H26N2O5S/c1-19(2)17(21)13-26(23,24)16-8-6-14(7-9-16)18(22)20-11-4-5-15(25-3)10-12-20/h6-9,15H,4-5,10-13H2,1-3H3. The molecule has 0 N–H and O–H groups in total. The minimum absolute atomic E-state index is 0.0413. The lowest BCUT2D eigenvalue weighted by atomic mass is 10.2. The first kappa shape index (κ1) is 20.4. The van der Waals surface area contributed by atoms with E-state index in [-0.39, 0.29) is 16.9 Å². The van der Waals surface area contributed by atoms with Crippen LogP contribution in [0.2, 0.25) is 0 Å². The van der Waals surface area contributed by atoms with Gasteiger partial charge in [-0.05, 0) is 43.5 Å². The summed E-state index contributed by atoms with van der Waals surface area (Å²) in [5.41, 5.74) is 0.443. The third kappa shape index (κ3) is 5.04. The molecule has 1 saturated heterocycles. The number of amides is 2. The number of benzene rings is 1. The molecule has 0 bridgehead atoms. The minimum atomic E-state index is -3.72. The van der Waals surface area contributed by atoms with Gasteiger partial charge in [0.2, 0.25) is 5.91 Å². The van der Waals surface area contributed by atoms with Crippen molar-refractivity contribution in [2.24, 2.45) is 0 Å². The monoisotopic (exact) mass is 382 g/mol. The predicted octanol–water partition coefficient (Wildman–Crippen LogP) is 1.19. The second kappa shape index (κ2) is 8.64. The Hall–Kier alpha value is -1.93. The van der Waals surface area contributed by atoms with Gasteiger partial charge in [0.15, 0.2) is 9.84 Å². The van der Waals surface area contributed by atoms with E-state index in [1.807, 2.05) is 0 Å². The highest BCUT2D eigenvalue weighted by atomic mass is 32.2. The Morgan fingerprint density at radius 2 is 1.81 bits per heavy atom. The van der Waals surface area contributed by atoms with E-state index in [1.54, 1.807) is 12.0 Å². The zero-order valence-corrected chi connectivity index (χ0v) is 16.3. The van der Waals surface area contributed by atoms with E-state index in [2.05, 4.69) is 0 Å². The van der Waals surface area contributed by atoms with Crippen molar-refractivity contribution in [3.8, 4) is 0 Å². The molecular weight excluding hydrogens is 356 g/mol. The average Bonchev–Trinajstić information content (AvgIpc) is 2.86. The molecule has 0 radical (unpaired) electrons. The fraction of sp³-hybridized carbons (Fsp3) is 0.556. The van der Waals surface area contributed by atoms with E-state index < -0.39 is 21.5 Å². The molecular formula is C18H26N2O5S. The fourth-order valence-corrected chi connectivity index (χ4v) is 4.17. The normalized spacial score (nSPS) is 18.3. The Labute approximate surface area is 154 Å². The molecule has 8 heteroatoms. The Kier molecular flexibility index (Phi) is 6.77. The number of sulfone groups is 1. The van der Waals surface area contributed by atoms with Crippen molar-refractivity contribution < 1.29 is 22.7 Å². The van der Waals surface area contributed by atoms with Crippen LogP contribution in [0.5, 0.6) is 0 Å². The topological polar surface area (TPSA) is 84.0 Å². The highest BCUT2D eigenvalue weighted by molar-refractivity contribution is 7.92. The molecule has 26 heavy (non-hydrogen) atoms. The summed E-state index contributed by atoms with van der Waals surface area (Å²) in [6.07, 6.45) is 2.77. The van der Waals surface area contributed by atoms with Crippen molar-refractivity contribution in [3.63, 3.8) is 0 Å². The van der Waals surface area contributed by atoms with Gasteiger partial charge in [-0.3, -0.25) is 9.59 Å². The molecule has 1 heterocycles. The first-order valence-electron chi connectivity index (χ1n) is 8.59. The molecule has 2 rings (SSSR count). The van der Waals surface area contributed by atoms with Crippen LogP contribution in [0.3, 0.4) is 0 Å². The lowest BCUT2D eigenvalue weighted by Gasteiger charge is -2.20. The van der Waals surface area contributed by atoms with Gasteiger partial charge >= 0.3 is 0 Å². The zero-order chi connectivity index (χ0) is 19.3. The van der Waals surface area contributed by atoms with Gasteiger partial charge in [0.05, 0.1) is 11.0 Å². The second-order valence-electron chi connectivity index (χ2n) is 6.65. The summed E-state index contributed by atoms with van der Waals surface area (Å²) in [7, 11) is 0.980.